The van der Waals surface area contributed by atoms with Gasteiger partial charge >= 0.3 is 0 Å². The second-order valence-corrected chi connectivity index (χ2v) is 4.78. The molecule has 0 fully saturated rings. The topological polar surface area (TPSA) is 21.3 Å². The minimum atomic E-state index is 0.302. The summed E-state index contributed by atoms with van der Waals surface area (Å²) in [5.74, 6) is 0.775. The number of rotatable bonds is 9. The normalized spacial score (nSPS) is 13.1. The summed E-state index contributed by atoms with van der Waals surface area (Å²) >= 11 is 0. The van der Waals surface area contributed by atoms with Gasteiger partial charge < -0.3 is 10.1 Å². The lowest BCUT2D eigenvalue weighted by molar-refractivity contribution is 0.0682. The van der Waals surface area contributed by atoms with E-state index in [4.69, 9.17) is 4.74 Å². The Kier molecular flexibility index (Phi) is 8.73. The van der Waals surface area contributed by atoms with Crippen LogP contribution in [-0.4, -0.2) is 25.8 Å². The van der Waals surface area contributed by atoms with Gasteiger partial charge in [-0.15, -0.1) is 6.58 Å². The maximum atomic E-state index is 5.64. The molecule has 0 bridgehead atoms. The first-order chi connectivity index (χ1) is 7.02. The zero-order valence-corrected chi connectivity index (χ0v) is 10.8. The van der Waals surface area contributed by atoms with Crippen molar-refractivity contribution in [3.63, 3.8) is 0 Å². The second kappa shape index (κ2) is 8.93. The quantitative estimate of drug-likeness (QED) is 0.469. The van der Waals surface area contributed by atoms with Crippen LogP contribution in [0.3, 0.4) is 0 Å². The fourth-order valence-electron chi connectivity index (χ4n) is 1.19. The minimum Gasteiger partial charge on any atom is -0.377 e. The van der Waals surface area contributed by atoms with Crippen LogP contribution in [0.4, 0.5) is 0 Å². The summed E-state index contributed by atoms with van der Waals surface area (Å²) in [6.45, 7) is 15.3. The molecular weight excluding hydrogens is 186 g/mol. The summed E-state index contributed by atoms with van der Waals surface area (Å²) in [7, 11) is 0. The first-order valence-electron chi connectivity index (χ1n) is 5.99. The Bertz CT molecular complexity index is 166. The lowest BCUT2D eigenvalue weighted by atomic mass is 10.1. The lowest BCUT2D eigenvalue weighted by Crippen LogP contribution is -2.28. The summed E-state index contributed by atoms with van der Waals surface area (Å²) in [5, 5.41) is 3.41. The van der Waals surface area contributed by atoms with Crippen molar-refractivity contribution in [1.82, 2.24) is 5.32 Å². The number of hydrogen-bond donors (Lipinski definition) is 1. The van der Waals surface area contributed by atoms with Crippen molar-refractivity contribution in [3.05, 3.63) is 12.2 Å². The van der Waals surface area contributed by atoms with Crippen LogP contribution < -0.4 is 5.32 Å². The molecule has 90 valence electrons. The zero-order chi connectivity index (χ0) is 11.7. The highest BCUT2D eigenvalue weighted by Gasteiger charge is 2.01. The predicted octanol–water partition coefficient (Wildman–Crippen LogP) is 2.99. The third-order valence-electron chi connectivity index (χ3n) is 2.26. The van der Waals surface area contributed by atoms with Gasteiger partial charge in [-0.05, 0) is 39.2 Å². The highest BCUT2D eigenvalue weighted by Crippen LogP contribution is 1.99. The maximum absolute atomic E-state index is 5.64. The van der Waals surface area contributed by atoms with E-state index >= 15 is 0 Å². The van der Waals surface area contributed by atoms with Gasteiger partial charge in [0.05, 0.1) is 12.7 Å². The van der Waals surface area contributed by atoms with Gasteiger partial charge in [0, 0.05) is 6.54 Å². The van der Waals surface area contributed by atoms with Crippen molar-refractivity contribution >= 4 is 0 Å². The van der Waals surface area contributed by atoms with Crippen molar-refractivity contribution in [3.8, 4) is 0 Å². The molecule has 0 aromatic heterocycles. The van der Waals surface area contributed by atoms with Crippen LogP contribution in [0.15, 0.2) is 12.2 Å². The van der Waals surface area contributed by atoms with Crippen LogP contribution in [-0.2, 0) is 4.74 Å². The molecule has 0 heterocycles. The fraction of sp³-hybridized carbons (Fsp3) is 0.846. The molecule has 0 aliphatic carbocycles. The monoisotopic (exact) mass is 213 g/mol. The largest absolute Gasteiger partial charge is 0.377 e. The standard InChI is InChI=1S/C13H27NO/c1-11(2)6-8-14-10-13(5)15-9-7-12(3)4/h11,13-14H,3,6-10H2,1-2,4-5H3. The summed E-state index contributed by atoms with van der Waals surface area (Å²) in [6, 6.07) is 0. The Hall–Kier alpha value is -0.340. The van der Waals surface area contributed by atoms with E-state index in [1.807, 2.05) is 6.92 Å². The van der Waals surface area contributed by atoms with Crippen LogP contribution in [0, 0.1) is 5.92 Å². The average Bonchev–Trinajstić information content (AvgIpc) is 2.11. The Morgan fingerprint density at radius 1 is 1.33 bits per heavy atom. The van der Waals surface area contributed by atoms with Crippen molar-refractivity contribution in [2.75, 3.05) is 19.7 Å². The van der Waals surface area contributed by atoms with E-state index in [-0.39, 0.29) is 0 Å². The highest BCUT2D eigenvalue weighted by atomic mass is 16.5. The molecular formula is C13H27NO. The van der Waals surface area contributed by atoms with Gasteiger partial charge in [0.2, 0.25) is 0 Å². The molecule has 0 saturated heterocycles. The van der Waals surface area contributed by atoms with E-state index < -0.39 is 0 Å². The van der Waals surface area contributed by atoms with E-state index in [1.165, 1.54) is 12.0 Å². The van der Waals surface area contributed by atoms with Crippen LogP contribution in [0.1, 0.15) is 40.5 Å². The van der Waals surface area contributed by atoms with Crippen molar-refractivity contribution in [1.29, 1.82) is 0 Å². The highest BCUT2D eigenvalue weighted by molar-refractivity contribution is 4.87. The molecule has 0 rings (SSSR count). The third kappa shape index (κ3) is 11.6. The van der Waals surface area contributed by atoms with Gasteiger partial charge in [-0.3, -0.25) is 0 Å². The Morgan fingerprint density at radius 2 is 2.00 bits per heavy atom. The predicted molar refractivity (Wildman–Crippen MR) is 67.2 cm³/mol. The first kappa shape index (κ1) is 14.7. The maximum Gasteiger partial charge on any atom is 0.0671 e. The van der Waals surface area contributed by atoms with Crippen LogP contribution in [0.5, 0.6) is 0 Å². The Labute approximate surface area is 95.1 Å². The molecule has 15 heavy (non-hydrogen) atoms. The number of nitrogens with one attached hydrogen (secondary N) is 1. The average molecular weight is 213 g/mol. The van der Waals surface area contributed by atoms with Crippen LogP contribution in [0.25, 0.3) is 0 Å². The van der Waals surface area contributed by atoms with Gasteiger partial charge in [-0.2, -0.15) is 0 Å². The van der Waals surface area contributed by atoms with Gasteiger partial charge in [0.25, 0.3) is 0 Å². The Balaban J connectivity index is 3.25. The molecule has 0 radical (unpaired) electrons. The smallest absolute Gasteiger partial charge is 0.0671 e. The van der Waals surface area contributed by atoms with Crippen molar-refractivity contribution in [2.45, 2.75) is 46.6 Å². The number of ether oxygens (including phenoxy) is 1. The Morgan fingerprint density at radius 3 is 2.53 bits per heavy atom. The lowest BCUT2D eigenvalue weighted by Gasteiger charge is -2.14. The summed E-state index contributed by atoms with van der Waals surface area (Å²) in [4.78, 5) is 0. The van der Waals surface area contributed by atoms with E-state index in [0.29, 0.717) is 6.10 Å². The molecule has 1 N–H and O–H groups in total. The summed E-state index contributed by atoms with van der Waals surface area (Å²) in [5.41, 5.74) is 1.19. The minimum absolute atomic E-state index is 0.302. The van der Waals surface area contributed by atoms with Gasteiger partial charge in [0.15, 0.2) is 0 Å². The first-order valence-corrected chi connectivity index (χ1v) is 5.99. The SMILES string of the molecule is C=C(C)CCOC(C)CNCCC(C)C. The summed E-state index contributed by atoms with van der Waals surface area (Å²) < 4.78 is 5.64. The fourth-order valence-corrected chi connectivity index (χ4v) is 1.19. The second-order valence-electron chi connectivity index (χ2n) is 4.78. The molecule has 0 aromatic carbocycles. The molecule has 1 unspecified atom stereocenters. The molecule has 0 aliphatic rings. The van der Waals surface area contributed by atoms with E-state index in [2.05, 4.69) is 32.7 Å². The summed E-state index contributed by atoms with van der Waals surface area (Å²) in [6.07, 6.45) is 2.51. The molecule has 2 heteroatoms. The van der Waals surface area contributed by atoms with E-state index in [1.54, 1.807) is 0 Å². The van der Waals surface area contributed by atoms with Gasteiger partial charge in [-0.1, -0.05) is 19.4 Å². The molecule has 0 spiro atoms. The molecule has 2 nitrogen and oxygen atoms in total. The molecule has 1 atom stereocenters. The van der Waals surface area contributed by atoms with E-state index in [0.717, 1.165) is 32.0 Å². The zero-order valence-electron chi connectivity index (χ0n) is 10.8. The van der Waals surface area contributed by atoms with Gasteiger partial charge in [0.1, 0.15) is 0 Å². The number of hydrogen-bond acceptors (Lipinski definition) is 2. The molecule has 0 amide bonds. The molecule has 0 saturated carbocycles. The van der Waals surface area contributed by atoms with Crippen LogP contribution >= 0.6 is 0 Å². The van der Waals surface area contributed by atoms with E-state index in [9.17, 15) is 0 Å². The third-order valence-corrected chi connectivity index (χ3v) is 2.26. The van der Waals surface area contributed by atoms with Crippen molar-refractivity contribution < 1.29 is 4.74 Å². The molecule has 0 aromatic rings. The van der Waals surface area contributed by atoms with Crippen molar-refractivity contribution in [2.24, 2.45) is 5.92 Å². The van der Waals surface area contributed by atoms with Gasteiger partial charge in [-0.25, -0.2) is 0 Å². The molecule has 0 aliphatic heterocycles. The van der Waals surface area contributed by atoms with Crippen LogP contribution in [0.2, 0.25) is 0 Å².